The number of hydrogen-bond acceptors (Lipinski definition) is 2. The number of benzene rings is 1. The maximum absolute atomic E-state index is 13.6. The SMILES string of the molecule is Cl.Fc1ccc(C(F)(F)F)c([C@H](CC2CC2)N2CCNCC2)c1. The van der Waals surface area contributed by atoms with E-state index in [4.69, 9.17) is 0 Å². The minimum atomic E-state index is -4.45. The number of nitrogens with one attached hydrogen (secondary N) is 1. The van der Waals surface area contributed by atoms with E-state index in [-0.39, 0.29) is 24.0 Å². The van der Waals surface area contributed by atoms with E-state index in [1.165, 1.54) is 0 Å². The molecule has 0 aromatic heterocycles. The number of nitrogens with zero attached hydrogens (tertiary/aromatic N) is 1. The molecule has 1 saturated carbocycles. The van der Waals surface area contributed by atoms with Crippen LogP contribution in [0.5, 0.6) is 0 Å². The van der Waals surface area contributed by atoms with Crippen LogP contribution in [0.4, 0.5) is 17.6 Å². The van der Waals surface area contributed by atoms with Crippen molar-refractivity contribution < 1.29 is 17.6 Å². The summed E-state index contributed by atoms with van der Waals surface area (Å²) in [6.07, 6.45) is -1.62. The summed E-state index contributed by atoms with van der Waals surface area (Å²) in [4.78, 5) is 2.07. The second kappa shape index (κ2) is 7.36. The fourth-order valence-electron chi connectivity index (χ4n) is 3.20. The third kappa shape index (κ3) is 4.58. The van der Waals surface area contributed by atoms with E-state index in [1.807, 2.05) is 0 Å². The highest BCUT2D eigenvalue weighted by molar-refractivity contribution is 5.85. The Balaban J connectivity index is 0.00000192. The highest BCUT2D eigenvalue weighted by Crippen LogP contribution is 2.43. The van der Waals surface area contributed by atoms with Crippen molar-refractivity contribution in [1.82, 2.24) is 10.2 Å². The van der Waals surface area contributed by atoms with Gasteiger partial charge in [0.1, 0.15) is 5.82 Å². The summed E-state index contributed by atoms with van der Waals surface area (Å²) in [5.41, 5.74) is -0.598. The van der Waals surface area contributed by atoms with Gasteiger partial charge in [-0.15, -0.1) is 12.4 Å². The van der Waals surface area contributed by atoms with E-state index in [0.717, 1.165) is 44.1 Å². The second-order valence-electron chi connectivity index (χ2n) is 6.21. The Labute approximate surface area is 139 Å². The van der Waals surface area contributed by atoms with Gasteiger partial charge in [-0.05, 0) is 36.1 Å². The molecule has 2 aliphatic rings. The molecule has 130 valence electrons. The van der Waals surface area contributed by atoms with E-state index in [9.17, 15) is 17.6 Å². The van der Waals surface area contributed by atoms with Gasteiger partial charge in [0.15, 0.2) is 0 Å². The van der Waals surface area contributed by atoms with E-state index in [0.29, 0.717) is 25.4 Å². The molecule has 0 radical (unpaired) electrons. The van der Waals surface area contributed by atoms with Crippen LogP contribution in [0.3, 0.4) is 0 Å². The van der Waals surface area contributed by atoms with Gasteiger partial charge in [-0.2, -0.15) is 13.2 Å². The molecule has 2 fully saturated rings. The van der Waals surface area contributed by atoms with E-state index in [2.05, 4.69) is 10.2 Å². The lowest BCUT2D eigenvalue weighted by atomic mass is 9.93. The molecular formula is C16H21ClF4N2. The highest BCUT2D eigenvalue weighted by Gasteiger charge is 2.38. The molecule has 1 aromatic carbocycles. The monoisotopic (exact) mass is 352 g/mol. The molecule has 2 nitrogen and oxygen atoms in total. The predicted octanol–water partition coefficient (Wildman–Crippen LogP) is 4.01. The molecule has 1 aliphatic heterocycles. The molecule has 1 atom stereocenters. The fraction of sp³-hybridized carbons (Fsp3) is 0.625. The first-order valence-electron chi connectivity index (χ1n) is 7.76. The number of halogens is 5. The summed E-state index contributed by atoms with van der Waals surface area (Å²) in [7, 11) is 0. The molecular weight excluding hydrogens is 332 g/mol. The van der Waals surface area contributed by atoms with E-state index >= 15 is 0 Å². The Bertz CT molecular complexity index is 525. The van der Waals surface area contributed by atoms with Gasteiger partial charge in [0.25, 0.3) is 0 Å². The molecule has 1 aromatic rings. The molecule has 1 heterocycles. The topological polar surface area (TPSA) is 15.3 Å². The fourth-order valence-corrected chi connectivity index (χ4v) is 3.20. The highest BCUT2D eigenvalue weighted by atomic mass is 35.5. The zero-order valence-corrected chi connectivity index (χ0v) is 13.5. The Morgan fingerprint density at radius 3 is 2.39 bits per heavy atom. The van der Waals surface area contributed by atoms with Crippen LogP contribution in [-0.2, 0) is 6.18 Å². The van der Waals surface area contributed by atoms with Gasteiger partial charge in [0, 0.05) is 32.2 Å². The Kier molecular flexibility index (Phi) is 5.92. The largest absolute Gasteiger partial charge is 0.416 e. The first-order chi connectivity index (χ1) is 10.4. The van der Waals surface area contributed by atoms with Gasteiger partial charge in [0.2, 0.25) is 0 Å². The Morgan fingerprint density at radius 1 is 1.17 bits per heavy atom. The van der Waals surface area contributed by atoms with Crippen LogP contribution in [0.2, 0.25) is 0 Å². The molecule has 1 saturated heterocycles. The van der Waals surface area contributed by atoms with Gasteiger partial charge in [-0.1, -0.05) is 12.8 Å². The quantitative estimate of drug-likeness (QED) is 0.824. The zero-order chi connectivity index (χ0) is 15.7. The van der Waals surface area contributed by atoms with Crippen molar-refractivity contribution in [2.45, 2.75) is 31.5 Å². The zero-order valence-electron chi connectivity index (χ0n) is 12.7. The lowest BCUT2D eigenvalue weighted by Crippen LogP contribution is -2.45. The summed E-state index contributed by atoms with van der Waals surface area (Å²) in [5.74, 6) is -0.122. The molecule has 1 N–H and O–H groups in total. The van der Waals surface area contributed by atoms with Crippen molar-refractivity contribution in [2.24, 2.45) is 5.92 Å². The maximum atomic E-state index is 13.6. The minimum absolute atomic E-state index is 0. The van der Waals surface area contributed by atoms with Gasteiger partial charge < -0.3 is 5.32 Å². The first kappa shape index (κ1) is 18.5. The number of rotatable bonds is 4. The van der Waals surface area contributed by atoms with Crippen LogP contribution in [0.1, 0.15) is 36.4 Å². The lowest BCUT2D eigenvalue weighted by molar-refractivity contribution is -0.138. The average molecular weight is 353 g/mol. The molecule has 7 heteroatoms. The third-order valence-corrected chi connectivity index (χ3v) is 4.52. The van der Waals surface area contributed by atoms with Gasteiger partial charge in [0.05, 0.1) is 5.56 Å². The molecule has 23 heavy (non-hydrogen) atoms. The Hall–Kier alpha value is -0.850. The standard InChI is InChI=1S/C16H20F4N2.ClH/c17-12-3-4-14(16(18,19)20)13(10-12)15(9-11-1-2-11)22-7-5-21-6-8-22;/h3-4,10-11,15,21H,1-2,5-9H2;1H/t15-;/m0./s1. The normalized spacial score (nSPS) is 20.9. The number of piperazine rings is 1. The molecule has 0 bridgehead atoms. The van der Waals surface area contributed by atoms with Crippen LogP contribution in [-0.4, -0.2) is 31.1 Å². The lowest BCUT2D eigenvalue weighted by Gasteiger charge is -2.36. The van der Waals surface area contributed by atoms with Gasteiger partial charge in [-0.25, -0.2) is 4.39 Å². The van der Waals surface area contributed by atoms with E-state index < -0.39 is 17.6 Å². The molecule has 0 spiro atoms. The third-order valence-electron chi connectivity index (χ3n) is 4.52. The maximum Gasteiger partial charge on any atom is 0.416 e. The van der Waals surface area contributed by atoms with Crippen molar-refractivity contribution in [2.75, 3.05) is 26.2 Å². The van der Waals surface area contributed by atoms with Crippen LogP contribution < -0.4 is 5.32 Å². The first-order valence-corrected chi connectivity index (χ1v) is 7.76. The van der Waals surface area contributed by atoms with Crippen molar-refractivity contribution in [1.29, 1.82) is 0 Å². The van der Waals surface area contributed by atoms with Crippen molar-refractivity contribution in [3.05, 3.63) is 35.1 Å². The summed E-state index contributed by atoms with van der Waals surface area (Å²) in [6, 6.07) is 2.52. The summed E-state index contributed by atoms with van der Waals surface area (Å²) in [5, 5.41) is 3.21. The molecule has 0 unspecified atom stereocenters. The summed E-state index contributed by atoms with van der Waals surface area (Å²) >= 11 is 0. The predicted molar refractivity (Wildman–Crippen MR) is 83.2 cm³/mol. The summed E-state index contributed by atoms with van der Waals surface area (Å²) in [6.45, 7) is 2.92. The van der Waals surface area contributed by atoms with Gasteiger partial charge in [-0.3, -0.25) is 4.90 Å². The van der Waals surface area contributed by atoms with Crippen LogP contribution in [0.15, 0.2) is 18.2 Å². The molecule has 3 rings (SSSR count). The second-order valence-corrected chi connectivity index (χ2v) is 6.21. The van der Waals surface area contributed by atoms with E-state index in [1.54, 1.807) is 0 Å². The Morgan fingerprint density at radius 2 is 1.83 bits per heavy atom. The average Bonchev–Trinajstić information content (AvgIpc) is 3.28. The van der Waals surface area contributed by atoms with Crippen LogP contribution in [0, 0.1) is 11.7 Å². The van der Waals surface area contributed by atoms with Crippen LogP contribution in [0.25, 0.3) is 0 Å². The number of alkyl halides is 3. The van der Waals surface area contributed by atoms with Crippen molar-refractivity contribution in [3.63, 3.8) is 0 Å². The molecule has 1 aliphatic carbocycles. The number of hydrogen-bond donors (Lipinski definition) is 1. The van der Waals surface area contributed by atoms with Crippen LogP contribution >= 0.6 is 12.4 Å². The van der Waals surface area contributed by atoms with Gasteiger partial charge >= 0.3 is 6.18 Å². The summed E-state index contributed by atoms with van der Waals surface area (Å²) < 4.78 is 53.5. The smallest absolute Gasteiger partial charge is 0.314 e. The van der Waals surface area contributed by atoms with Crippen molar-refractivity contribution >= 4 is 12.4 Å². The van der Waals surface area contributed by atoms with Crippen molar-refractivity contribution in [3.8, 4) is 0 Å². The molecule has 0 amide bonds. The minimum Gasteiger partial charge on any atom is -0.314 e.